The fourth-order valence-corrected chi connectivity index (χ4v) is 3.14. The summed E-state index contributed by atoms with van der Waals surface area (Å²) in [6, 6.07) is 4.96. The molecule has 1 saturated carbocycles. The lowest BCUT2D eigenvalue weighted by atomic mass is 9.92. The lowest BCUT2D eigenvalue weighted by Gasteiger charge is -2.24. The van der Waals surface area contributed by atoms with Crippen molar-refractivity contribution in [2.24, 2.45) is 11.8 Å². The first-order valence-corrected chi connectivity index (χ1v) is 6.43. The third-order valence-electron chi connectivity index (χ3n) is 3.36. The highest BCUT2D eigenvalue weighted by Crippen LogP contribution is 2.38. The van der Waals surface area contributed by atoms with Gasteiger partial charge in [0.15, 0.2) is 0 Å². The molecule has 4 heteroatoms. The van der Waals surface area contributed by atoms with E-state index in [1.54, 1.807) is 6.07 Å². The number of rotatable bonds is 3. The van der Waals surface area contributed by atoms with E-state index in [1.165, 1.54) is 18.9 Å². The Morgan fingerprint density at radius 1 is 1.38 bits per heavy atom. The molecule has 0 radical (unpaired) electrons. The van der Waals surface area contributed by atoms with Gasteiger partial charge in [-0.25, -0.2) is 4.39 Å². The molecule has 0 bridgehead atoms. The Balaban J connectivity index is 2.32. The van der Waals surface area contributed by atoms with Crippen molar-refractivity contribution >= 4 is 15.9 Å². The normalized spacial score (nSPS) is 18.9. The van der Waals surface area contributed by atoms with Crippen molar-refractivity contribution in [2.75, 3.05) is 0 Å². The topological polar surface area (TPSA) is 38.0 Å². The predicted molar refractivity (Wildman–Crippen MR) is 66.1 cm³/mol. The van der Waals surface area contributed by atoms with Crippen LogP contribution < -0.4 is 11.3 Å². The highest BCUT2D eigenvalue weighted by Gasteiger charge is 2.28. The van der Waals surface area contributed by atoms with Gasteiger partial charge in [0, 0.05) is 10.0 Å². The maximum absolute atomic E-state index is 13.8. The molecule has 1 unspecified atom stereocenters. The van der Waals surface area contributed by atoms with E-state index in [9.17, 15) is 4.39 Å². The molecule has 0 amide bonds. The van der Waals surface area contributed by atoms with E-state index in [-0.39, 0.29) is 11.9 Å². The fraction of sp³-hybridized carbons (Fsp3) is 0.500. The average molecular weight is 287 g/mol. The summed E-state index contributed by atoms with van der Waals surface area (Å²) in [5, 5.41) is 0. The summed E-state index contributed by atoms with van der Waals surface area (Å²) in [7, 11) is 0. The van der Waals surface area contributed by atoms with Gasteiger partial charge in [0.1, 0.15) is 5.82 Å². The van der Waals surface area contributed by atoms with Gasteiger partial charge < -0.3 is 0 Å². The number of benzene rings is 1. The van der Waals surface area contributed by atoms with Gasteiger partial charge in [0.05, 0.1) is 6.04 Å². The molecule has 0 aromatic heterocycles. The summed E-state index contributed by atoms with van der Waals surface area (Å²) in [5.74, 6) is 5.84. The van der Waals surface area contributed by atoms with Gasteiger partial charge in [-0.3, -0.25) is 11.3 Å². The molecule has 16 heavy (non-hydrogen) atoms. The van der Waals surface area contributed by atoms with Gasteiger partial charge in [-0.1, -0.05) is 34.8 Å². The minimum absolute atomic E-state index is 0.0851. The Morgan fingerprint density at radius 2 is 2.06 bits per heavy atom. The lowest BCUT2D eigenvalue weighted by Crippen LogP contribution is -2.33. The third kappa shape index (κ3) is 2.29. The molecule has 1 aromatic rings. The predicted octanol–water partition coefficient (Wildman–Crippen LogP) is 3.28. The van der Waals surface area contributed by atoms with Crippen LogP contribution in [0, 0.1) is 11.7 Å². The Bertz CT molecular complexity index is 344. The van der Waals surface area contributed by atoms with E-state index in [4.69, 9.17) is 5.84 Å². The van der Waals surface area contributed by atoms with Crippen LogP contribution in [0.1, 0.15) is 37.3 Å². The number of halogens is 2. The maximum atomic E-state index is 13.8. The van der Waals surface area contributed by atoms with Crippen molar-refractivity contribution in [1.29, 1.82) is 0 Å². The smallest absolute Gasteiger partial charge is 0.129 e. The molecule has 1 atom stereocenters. The zero-order valence-electron chi connectivity index (χ0n) is 9.05. The molecule has 1 aromatic carbocycles. The van der Waals surface area contributed by atoms with Gasteiger partial charge in [-0.15, -0.1) is 0 Å². The van der Waals surface area contributed by atoms with Crippen LogP contribution in [-0.2, 0) is 0 Å². The van der Waals surface area contributed by atoms with Crippen LogP contribution in [0.2, 0.25) is 0 Å². The highest BCUT2D eigenvalue weighted by atomic mass is 79.9. The summed E-state index contributed by atoms with van der Waals surface area (Å²) in [6.45, 7) is 0. The average Bonchev–Trinajstić information content (AvgIpc) is 2.77. The second-order valence-electron chi connectivity index (χ2n) is 4.32. The van der Waals surface area contributed by atoms with Gasteiger partial charge in [-0.05, 0) is 30.9 Å². The van der Waals surface area contributed by atoms with E-state index in [1.807, 2.05) is 6.07 Å². The van der Waals surface area contributed by atoms with E-state index in [2.05, 4.69) is 21.4 Å². The summed E-state index contributed by atoms with van der Waals surface area (Å²) in [6.07, 6.45) is 4.68. The fourth-order valence-electron chi connectivity index (χ4n) is 2.55. The van der Waals surface area contributed by atoms with E-state index in [0.29, 0.717) is 11.5 Å². The lowest BCUT2D eigenvalue weighted by molar-refractivity contribution is 0.361. The highest BCUT2D eigenvalue weighted by molar-refractivity contribution is 9.10. The molecule has 0 spiro atoms. The van der Waals surface area contributed by atoms with Crippen LogP contribution in [0.25, 0.3) is 0 Å². The van der Waals surface area contributed by atoms with Crippen LogP contribution in [0.5, 0.6) is 0 Å². The molecule has 2 rings (SSSR count). The molecule has 0 saturated heterocycles. The molecule has 0 heterocycles. The van der Waals surface area contributed by atoms with Gasteiger partial charge in [-0.2, -0.15) is 0 Å². The maximum Gasteiger partial charge on any atom is 0.129 e. The number of nitrogens with one attached hydrogen (secondary N) is 1. The zero-order valence-corrected chi connectivity index (χ0v) is 10.6. The third-order valence-corrected chi connectivity index (χ3v) is 4.05. The molecule has 1 fully saturated rings. The SMILES string of the molecule is NNC(c1c(F)cccc1Br)C1CCCC1. The molecule has 3 N–H and O–H groups in total. The molecule has 88 valence electrons. The van der Waals surface area contributed by atoms with E-state index < -0.39 is 0 Å². The molecule has 0 aliphatic heterocycles. The van der Waals surface area contributed by atoms with Crippen molar-refractivity contribution in [3.8, 4) is 0 Å². The van der Waals surface area contributed by atoms with Crippen LogP contribution in [-0.4, -0.2) is 0 Å². The van der Waals surface area contributed by atoms with Gasteiger partial charge >= 0.3 is 0 Å². The quantitative estimate of drug-likeness (QED) is 0.661. The molecule has 2 nitrogen and oxygen atoms in total. The van der Waals surface area contributed by atoms with Gasteiger partial charge in [0.25, 0.3) is 0 Å². The summed E-state index contributed by atoms with van der Waals surface area (Å²) in [5.41, 5.74) is 3.44. The van der Waals surface area contributed by atoms with Crippen molar-refractivity contribution in [1.82, 2.24) is 5.43 Å². The monoisotopic (exact) mass is 286 g/mol. The van der Waals surface area contributed by atoms with Crippen LogP contribution in [0.15, 0.2) is 22.7 Å². The van der Waals surface area contributed by atoms with Crippen molar-refractivity contribution < 1.29 is 4.39 Å². The summed E-state index contributed by atoms with van der Waals surface area (Å²) in [4.78, 5) is 0. The first-order valence-electron chi connectivity index (χ1n) is 5.64. The van der Waals surface area contributed by atoms with Crippen LogP contribution in [0.3, 0.4) is 0 Å². The minimum Gasteiger partial charge on any atom is -0.271 e. The van der Waals surface area contributed by atoms with Gasteiger partial charge in [0.2, 0.25) is 0 Å². The van der Waals surface area contributed by atoms with E-state index in [0.717, 1.165) is 17.3 Å². The number of nitrogens with two attached hydrogens (primary N) is 1. The number of hydrogen-bond donors (Lipinski definition) is 2. The molecular weight excluding hydrogens is 271 g/mol. The Kier molecular flexibility index (Phi) is 3.95. The number of hydrazine groups is 1. The standard InChI is InChI=1S/C12H16BrFN2/c13-9-6-3-7-10(14)11(9)12(16-15)8-4-1-2-5-8/h3,6-8,12,16H,1-2,4-5,15H2. The van der Waals surface area contributed by atoms with Crippen molar-refractivity contribution in [3.63, 3.8) is 0 Å². The largest absolute Gasteiger partial charge is 0.271 e. The Hall–Kier alpha value is -0.450. The van der Waals surface area contributed by atoms with Crippen molar-refractivity contribution in [3.05, 3.63) is 34.1 Å². The first kappa shape index (κ1) is 12.0. The minimum atomic E-state index is -0.191. The summed E-state index contributed by atoms with van der Waals surface area (Å²) < 4.78 is 14.6. The Morgan fingerprint density at radius 3 is 2.62 bits per heavy atom. The summed E-state index contributed by atoms with van der Waals surface area (Å²) >= 11 is 3.40. The molecule has 1 aliphatic carbocycles. The second-order valence-corrected chi connectivity index (χ2v) is 5.18. The van der Waals surface area contributed by atoms with Crippen molar-refractivity contribution in [2.45, 2.75) is 31.7 Å². The zero-order chi connectivity index (χ0) is 11.5. The van der Waals surface area contributed by atoms with E-state index >= 15 is 0 Å². The second kappa shape index (κ2) is 5.25. The Labute approximate surface area is 104 Å². The van der Waals surface area contributed by atoms with Crippen LogP contribution >= 0.6 is 15.9 Å². The number of hydrogen-bond acceptors (Lipinski definition) is 2. The first-order chi connectivity index (χ1) is 7.74. The van der Waals surface area contributed by atoms with Crippen LogP contribution in [0.4, 0.5) is 4.39 Å². The molecule has 1 aliphatic rings. The molecular formula is C12H16BrFN2.